The molecule has 0 saturated heterocycles. The third-order valence-corrected chi connectivity index (χ3v) is 5.31. The van der Waals surface area contributed by atoms with Crippen LogP contribution in [0.15, 0.2) is 0 Å². The average molecular weight is 336 g/mol. The van der Waals surface area contributed by atoms with Crippen LogP contribution in [0.4, 0.5) is 4.79 Å². The average Bonchev–Trinajstić information content (AvgIpc) is 2.81. The molecule has 6 nitrogen and oxygen atoms in total. The Kier molecular flexibility index (Phi) is 6.66. The highest BCUT2D eigenvalue weighted by atomic mass is 16.5. The van der Waals surface area contributed by atoms with Crippen LogP contribution in [0.5, 0.6) is 0 Å². The molecule has 1 aliphatic carbocycles. The lowest BCUT2D eigenvalue weighted by molar-refractivity contribution is 0.182. The van der Waals surface area contributed by atoms with Crippen LogP contribution in [0.3, 0.4) is 0 Å². The van der Waals surface area contributed by atoms with E-state index in [0.29, 0.717) is 25.0 Å². The van der Waals surface area contributed by atoms with Crippen molar-refractivity contribution in [1.82, 2.24) is 20.4 Å². The maximum atomic E-state index is 12.3. The summed E-state index contributed by atoms with van der Waals surface area (Å²) in [4.78, 5) is 12.3. The van der Waals surface area contributed by atoms with Crippen molar-refractivity contribution in [3.8, 4) is 0 Å². The molecule has 6 heteroatoms. The van der Waals surface area contributed by atoms with Gasteiger partial charge < -0.3 is 15.4 Å². The van der Waals surface area contributed by atoms with Gasteiger partial charge in [0.05, 0.1) is 18.8 Å². The zero-order valence-electron chi connectivity index (χ0n) is 15.7. The highest BCUT2D eigenvalue weighted by Crippen LogP contribution is 2.28. The van der Waals surface area contributed by atoms with Crippen LogP contribution in [0.2, 0.25) is 0 Å². The fraction of sp³-hybridized carbons (Fsp3) is 0.778. The van der Waals surface area contributed by atoms with Crippen molar-refractivity contribution in [3.05, 3.63) is 17.0 Å². The minimum atomic E-state index is -0.0796. The third-order valence-electron chi connectivity index (χ3n) is 5.31. The second kappa shape index (κ2) is 8.51. The zero-order valence-corrected chi connectivity index (χ0v) is 15.7. The van der Waals surface area contributed by atoms with E-state index in [1.807, 2.05) is 18.5 Å². The summed E-state index contributed by atoms with van der Waals surface area (Å²) in [6.07, 6.45) is 3.65. The summed E-state index contributed by atoms with van der Waals surface area (Å²) in [5.41, 5.74) is 3.14. The van der Waals surface area contributed by atoms with Crippen LogP contribution in [0, 0.1) is 25.7 Å². The molecule has 0 radical (unpaired) electrons. The highest BCUT2D eigenvalue weighted by molar-refractivity contribution is 5.74. The molecule has 1 aliphatic rings. The van der Waals surface area contributed by atoms with Crippen LogP contribution in [-0.2, 0) is 17.8 Å². The summed E-state index contributed by atoms with van der Waals surface area (Å²) in [5.74, 6) is 1.08. The van der Waals surface area contributed by atoms with Crippen molar-refractivity contribution >= 4 is 6.03 Å². The topological polar surface area (TPSA) is 68.2 Å². The second-order valence-electron chi connectivity index (χ2n) is 7.10. The molecule has 1 heterocycles. The maximum Gasteiger partial charge on any atom is 0.315 e. The van der Waals surface area contributed by atoms with Crippen molar-refractivity contribution in [2.24, 2.45) is 11.8 Å². The molecule has 1 saturated carbocycles. The number of nitrogens with zero attached hydrogens (tertiary/aromatic N) is 2. The molecule has 2 atom stereocenters. The smallest absolute Gasteiger partial charge is 0.315 e. The number of hydrogen-bond acceptors (Lipinski definition) is 3. The monoisotopic (exact) mass is 336 g/mol. The van der Waals surface area contributed by atoms with Gasteiger partial charge in [-0.05, 0) is 38.5 Å². The van der Waals surface area contributed by atoms with Crippen molar-refractivity contribution in [2.75, 3.05) is 13.7 Å². The van der Waals surface area contributed by atoms with E-state index in [2.05, 4.69) is 29.6 Å². The highest BCUT2D eigenvalue weighted by Gasteiger charge is 2.28. The molecule has 24 heavy (non-hydrogen) atoms. The zero-order chi connectivity index (χ0) is 17.7. The summed E-state index contributed by atoms with van der Waals surface area (Å²) < 4.78 is 7.06. The third kappa shape index (κ3) is 4.50. The van der Waals surface area contributed by atoms with Gasteiger partial charge in [-0.15, -0.1) is 0 Å². The summed E-state index contributed by atoms with van der Waals surface area (Å²) in [6, 6.07) is 0.189. The Labute approximate surface area is 145 Å². The first-order chi connectivity index (χ1) is 11.4. The van der Waals surface area contributed by atoms with Gasteiger partial charge in [0, 0.05) is 31.0 Å². The number of ether oxygens (including phenoxy) is 1. The maximum absolute atomic E-state index is 12.3. The van der Waals surface area contributed by atoms with Gasteiger partial charge in [0.15, 0.2) is 0 Å². The minimum Gasteiger partial charge on any atom is -0.383 e. The Morgan fingerprint density at radius 2 is 1.96 bits per heavy atom. The molecule has 2 N–H and O–H groups in total. The lowest BCUT2D eigenvalue weighted by atomic mass is 9.79. The van der Waals surface area contributed by atoms with Gasteiger partial charge in [-0.2, -0.15) is 5.10 Å². The van der Waals surface area contributed by atoms with Crippen LogP contribution in [-0.4, -0.2) is 35.6 Å². The van der Waals surface area contributed by atoms with E-state index in [-0.39, 0.29) is 12.1 Å². The largest absolute Gasteiger partial charge is 0.383 e. The van der Waals surface area contributed by atoms with E-state index < -0.39 is 0 Å². The number of aryl methyl sites for hydroxylation is 1. The van der Waals surface area contributed by atoms with E-state index in [9.17, 15) is 4.79 Å². The lowest BCUT2D eigenvalue weighted by Crippen LogP contribution is -2.49. The van der Waals surface area contributed by atoms with E-state index in [1.54, 1.807) is 7.11 Å². The quantitative estimate of drug-likeness (QED) is 0.839. The number of carbonyl (C=O) groups excluding carboxylic acids is 1. The van der Waals surface area contributed by atoms with Crippen molar-refractivity contribution < 1.29 is 9.53 Å². The first-order valence-corrected chi connectivity index (χ1v) is 9.00. The normalized spacial score (nSPS) is 21.7. The summed E-state index contributed by atoms with van der Waals surface area (Å²) in [5, 5.41) is 10.7. The Balaban J connectivity index is 1.90. The van der Waals surface area contributed by atoms with Crippen LogP contribution < -0.4 is 10.6 Å². The SMILES string of the molecule is COCCn1nc(C)c(CNC(=O)NC2[C@@H](C)CCC[C@@H]2C)c1C. The van der Waals surface area contributed by atoms with Gasteiger partial charge in [-0.3, -0.25) is 4.68 Å². The number of hydrogen-bond donors (Lipinski definition) is 2. The Hall–Kier alpha value is -1.56. The van der Waals surface area contributed by atoms with E-state index in [4.69, 9.17) is 4.74 Å². The van der Waals surface area contributed by atoms with E-state index in [0.717, 1.165) is 23.5 Å². The number of rotatable bonds is 6. The van der Waals surface area contributed by atoms with Crippen LogP contribution in [0.1, 0.15) is 50.1 Å². The molecule has 136 valence electrons. The first kappa shape index (κ1) is 18.8. The molecular weight excluding hydrogens is 304 g/mol. The lowest BCUT2D eigenvalue weighted by Gasteiger charge is -2.35. The minimum absolute atomic E-state index is 0.0796. The number of carbonyl (C=O) groups is 1. The van der Waals surface area contributed by atoms with Gasteiger partial charge in [-0.25, -0.2) is 4.79 Å². The molecular formula is C18H32N4O2. The Morgan fingerprint density at radius 3 is 2.58 bits per heavy atom. The van der Waals surface area contributed by atoms with Crippen LogP contribution in [0.25, 0.3) is 0 Å². The van der Waals surface area contributed by atoms with Gasteiger partial charge in [0.1, 0.15) is 0 Å². The molecule has 1 aromatic heterocycles. The predicted molar refractivity (Wildman–Crippen MR) is 94.9 cm³/mol. The Morgan fingerprint density at radius 1 is 1.29 bits per heavy atom. The van der Waals surface area contributed by atoms with E-state index >= 15 is 0 Å². The number of nitrogens with one attached hydrogen (secondary N) is 2. The molecule has 0 bridgehead atoms. The fourth-order valence-corrected chi connectivity index (χ4v) is 3.72. The van der Waals surface area contributed by atoms with Gasteiger partial charge >= 0.3 is 6.03 Å². The van der Waals surface area contributed by atoms with Crippen molar-refractivity contribution in [2.45, 2.75) is 66.1 Å². The Bertz CT molecular complexity index is 545. The molecule has 1 fully saturated rings. The van der Waals surface area contributed by atoms with Gasteiger partial charge in [0.2, 0.25) is 0 Å². The number of amides is 2. The number of aromatic nitrogens is 2. The van der Waals surface area contributed by atoms with Gasteiger partial charge in [0.25, 0.3) is 0 Å². The molecule has 0 aromatic carbocycles. The summed E-state index contributed by atoms with van der Waals surface area (Å²) >= 11 is 0. The number of methoxy groups -OCH3 is 1. The van der Waals surface area contributed by atoms with Gasteiger partial charge in [-0.1, -0.05) is 20.3 Å². The summed E-state index contributed by atoms with van der Waals surface area (Å²) in [6.45, 7) is 10.3. The van der Waals surface area contributed by atoms with E-state index in [1.165, 1.54) is 19.3 Å². The van der Waals surface area contributed by atoms with Crippen LogP contribution >= 0.6 is 0 Å². The molecule has 0 unspecified atom stereocenters. The van der Waals surface area contributed by atoms with Crippen molar-refractivity contribution in [1.29, 1.82) is 0 Å². The first-order valence-electron chi connectivity index (χ1n) is 9.00. The fourth-order valence-electron chi connectivity index (χ4n) is 3.72. The predicted octanol–water partition coefficient (Wildman–Crippen LogP) is 2.77. The second-order valence-corrected chi connectivity index (χ2v) is 7.10. The molecule has 2 amide bonds. The molecule has 0 aliphatic heterocycles. The van der Waals surface area contributed by atoms with Crippen molar-refractivity contribution in [3.63, 3.8) is 0 Å². The number of urea groups is 1. The standard InChI is InChI=1S/C18H32N4O2/c1-12-7-6-8-13(2)17(12)20-18(23)19-11-16-14(3)21-22(15(16)4)9-10-24-5/h12-13,17H,6-11H2,1-5H3,(H2,19,20,23)/t12-,13-/m0/s1. The molecule has 2 rings (SSSR count). The molecule has 1 aromatic rings. The molecule has 0 spiro atoms. The summed E-state index contributed by atoms with van der Waals surface area (Å²) in [7, 11) is 1.69.